The number of hydrogen-bond donors (Lipinski definition) is 1. The summed E-state index contributed by atoms with van der Waals surface area (Å²) in [7, 11) is -3.39. The molecule has 4 nitrogen and oxygen atoms in total. The third kappa shape index (κ3) is 2.90. The number of nitrogens with two attached hydrogens (primary N) is 1. The van der Waals surface area contributed by atoms with Crippen LogP contribution in [0.5, 0.6) is 0 Å². The predicted octanol–water partition coefficient (Wildman–Crippen LogP) is 2.26. The van der Waals surface area contributed by atoms with Gasteiger partial charge in [0, 0.05) is 19.1 Å². The molecule has 0 aliphatic carbocycles. The lowest BCUT2D eigenvalue weighted by molar-refractivity contribution is 0.220. The van der Waals surface area contributed by atoms with Gasteiger partial charge in [-0.25, -0.2) is 8.42 Å². The number of rotatable bonds is 3. The summed E-state index contributed by atoms with van der Waals surface area (Å²) in [6, 6.07) is 5.30. The lowest BCUT2D eigenvalue weighted by Crippen LogP contribution is -2.44. The van der Waals surface area contributed by atoms with Gasteiger partial charge in [0.25, 0.3) is 0 Å². The molecule has 1 heterocycles. The summed E-state index contributed by atoms with van der Waals surface area (Å²) in [5, 5.41) is 0. The van der Waals surface area contributed by atoms with E-state index >= 15 is 0 Å². The van der Waals surface area contributed by atoms with Crippen LogP contribution in [0, 0.1) is 12.8 Å². The predicted molar refractivity (Wildman–Crippen MR) is 80.8 cm³/mol. The van der Waals surface area contributed by atoms with Crippen molar-refractivity contribution < 1.29 is 8.42 Å². The molecule has 2 N–H and O–H groups in total. The smallest absolute Gasteiger partial charge is 0.243 e. The van der Waals surface area contributed by atoms with E-state index in [9.17, 15) is 8.42 Å². The maximum absolute atomic E-state index is 12.8. The lowest BCUT2D eigenvalue weighted by Gasteiger charge is -2.35. The van der Waals surface area contributed by atoms with Crippen LogP contribution < -0.4 is 5.73 Å². The molecule has 0 aromatic heterocycles. The first kappa shape index (κ1) is 15.5. The molecule has 1 aromatic rings. The SMILES string of the molecule is Cc1cc(S(=O)(=O)N2CCC(C)CC2C)ccc1CN. The van der Waals surface area contributed by atoms with Crippen molar-refractivity contribution >= 4 is 10.0 Å². The summed E-state index contributed by atoms with van der Waals surface area (Å²) in [6.07, 6.45) is 1.86. The van der Waals surface area contributed by atoms with E-state index in [0.29, 0.717) is 23.9 Å². The first-order chi connectivity index (χ1) is 9.36. The lowest BCUT2D eigenvalue weighted by atomic mass is 9.95. The fourth-order valence-electron chi connectivity index (χ4n) is 2.94. The van der Waals surface area contributed by atoms with Crippen molar-refractivity contribution in [2.24, 2.45) is 11.7 Å². The standard InChI is InChI=1S/C15H24N2O2S/c1-11-6-7-17(13(3)8-11)20(18,19)15-5-4-14(10-16)12(2)9-15/h4-5,9,11,13H,6-8,10,16H2,1-3H3. The van der Waals surface area contributed by atoms with Gasteiger partial charge in [-0.05, 0) is 55.9 Å². The highest BCUT2D eigenvalue weighted by molar-refractivity contribution is 7.89. The molecule has 1 saturated heterocycles. The van der Waals surface area contributed by atoms with Crippen LogP contribution in [-0.4, -0.2) is 25.3 Å². The fraction of sp³-hybridized carbons (Fsp3) is 0.600. The molecule has 0 spiro atoms. The average molecular weight is 296 g/mol. The van der Waals surface area contributed by atoms with Crippen molar-refractivity contribution in [1.82, 2.24) is 4.31 Å². The molecule has 5 heteroatoms. The van der Waals surface area contributed by atoms with E-state index in [2.05, 4.69) is 6.92 Å². The molecule has 1 aromatic carbocycles. The van der Waals surface area contributed by atoms with Crippen molar-refractivity contribution in [3.05, 3.63) is 29.3 Å². The highest BCUT2D eigenvalue weighted by Crippen LogP contribution is 2.28. The first-order valence-electron chi connectivity index (χ1n) is 7.17. The third-order valence-electron chi connectivity index (χ3n) is 4.22. The summed E-state index contributed by atoms with van der Waals surface area (Å²) in [5.74, 6) is 0.595. The van der Waals surface area contributed by atoms with Gasteiger partial charge in [-0.1, -0.05) is 13.0 Å². The monoisotopic (exact) mass is 296 g/mol. The van der Waals surface area contributed by atoms with Crippen LogP contribution in [0.15, 0.2) is 23.1 Å². The Bertz CT molecular complexity index is 584. The minimum Gasteiger partial charge on any atom is -0.326 e. The number of nitrogens with zero attached hydrogens (tertiary/aromatic N) is 1. The summed E-state index contributed by atoms with van der Waals surface area (Å²) < 4.78 is 27.1. The number of benzene rings is 1. The molecule has 0 bridgehead atoms. The van der Waals surface area contributed by atoms with Gasteiger partial charge >= 0.3 is 0 Å². The summed E-state index contributed by atoms with van der Waals surface area (Å²) >= 11 is 0. The molecular formula is C15H24N2O2S. The maximum atomic E-state index is 12.8. The van der Waals surface area contributed by atoms with E-state index in [0.717, 1.165) is 24.0 Å². The van der Waals surface area contributed by atoms with Crippen molar-refractivity contribution in [2.45, 2.75) is 51.1 Å². The van der Waals surface area contributed by atoms with Crippen molar-refractivity contribution in [1.29, 1.82) is 0 Å². The minimum atomic E-state index is -3.39. The second-order valence-corrected chi connectivity index (χ2v) is 7.78. The zero-order valence-corrected chi connectivity index (χ0v) is 13.3. The van der Waals surface area contributed by atoms with Gasteiger partial charge in [-0.3, -0.25) is 0 Å². The zero-order valence-electron chi connectivity index (χ0n) is 12.5. The van der Waals surface area contributed by atoms with E-state index in [1.807, 2.05) is 19.9 Å². The van der Waals surface area contributed by atoms with Gasteiger partial charge in [-0.2, -0.15) is 4.31 Å². The number of hydrogen-bond acceptors (Lipinski definition) is 3. The normalized spacial score (nSPS) is 24.8. The molecule has 1 aliphatic heterocycles. The molecule has 2 atom stereocenters. The van der Waals surface area contributed by atoms with E-state index < -0.39 is 10.0 Å². The van der Waals surface area contributed by atoms with E-state index in [-0.39, 0.29) is 6.04 Å². The van der Waals surface area contributed by atoms with Crippen LogP contribution in [-0.2, 0) is 16.6 Å². The molecule has 112 valence electrons. The molecule has 1 aliphatic rings. The van der Waals surface area contributed by atoms with Crippen LogP contribution >= 0.6 is 0 Å². The van der Waals surface area contributed by atoms with E-state index in [4.69, 9.17) is 5.73 Å². The Hall–Kier alpha value is -0.910. The second-order valence-electron chi connectivity index (χ2n) is 5.89. The quantitative estimate of drug-likeness (QED) is 0.930. The number of sulfonamides is 1. The molecule has 20 heavy (non-hydrogen) atoms. The first-order valence-corrected chi connectivity index (χ1v) is 8.61. The van der Waals surface area contributed by atoms with Gasteiger partial charge in [0.05, 0.1) is 4.90 Å². The summed E-state index contributed by atoms with van der Waals surface area (Å²) in [4.78, 5) is 0.383. The highest BCUT2D eigenvalue weighted by atomic mass is 32.2. The Labute approximate surface area is 122 Å². The fourth-order valence-corrected chi connectivity index (χ4v) is 4.68. The van der Waals surface area contributed by atoms with Crippen LogP contribution in [0.4, 0.5) is 0 Å². The zero-order chi connectivity index (χ0) is 14.9. The van der Waals surface area contributed by atoms with E-state index in [1.54, 1.807) is 16.4 Å². The van der Waals surface area contributed by atoms with Crippen LogP contribution in [0.25, 0.3) is 0 Å². The molecule has 2 unspecified atom stereocenters. The molecule has 2 rings (SSSR count). The molecular weight excluding hydrogens is 272 g/mol. The minimum absolute atomic E-state index is 0.0678. The Kier molecular flexibility index (Phi) is 4.52. The van der Waals surface area contributed by atoms with Crippen molar-refractivity contribution in [3.63, 3.8) is 0 Å². The van der Waals surface area contributed by atoms with Crippen molar-refractivity contribution in [3.8, 4) is 0 Å². The van der Waals surface area contributed by atoms with Crippen LogP contribution in [0.3, 0.4) is 0 Å². The number of piperidine rings is 1. The van der Waals surface area contributed by atoms with Gasteiger partial charge in [0.1, 0.15) is 0 Å². The van der Waals surface area contributed by atoms with E-state index in [1.165, 1.54) is 0 Å². The third-order valence-corrected chi connectivity index (χ3v) is 6.23. The summed E-state index contributed by atoms with van der Waals surface area (Å²) in [6.45, 7) is 7.13. The Morgan fingerprint density at radius 1 is 1.35 bits per heavy atom. The molecule has 0 amide bonds. The Morgan fingerprint density at radius 2 is 2.05 bits per heavy atom. The molecule has 0 saturated carbocycles. The molecule has 1 fully saturated rings. The Balaban J connectivity index is 2.33. The second kappa shape index (κ2) is 5.84. The Morgan fingerprint density at radius 3 is 2.60 bits per heavy atom. The summed E-state index contributed by atoms with van der Waals surface area (Å²) in [5.41, 5.74) is 7.56. The van der Waals surface area contributed by atoms with Gasteiger partial charge < -0.3 is 5.73 Å². The van der Waals surface area contributed by atoms with Gasteiger partial charge in [0.15, 0.2) is 0 Å². The largest absolute Gasteiger partial charge is 0.326 e. The van der Waals surface area contributed by atoms with Gasteiger partial charge in [0.2, 0.25) is 10.0 Å². The average Bonchev–Trinajstić information content (AvgIpc) is 2.38. The maximum Gasteiger partial charge on any atom is 0.243 e. The van der Waals surface area contributed by atoms with Crippen LogP contribution in [0.2, 0.25) is 0 Å². The topological polar surface area (TPSA) is 63.4 Å². The van der Waals surface area contributed by atoms with Crippen molar-refractivity contribution in [2.75, 3.05) is 6.54 Å². The molecule has 0 radical (unpaired) electrons. The highest BCUT2D eigenvalue weighted by Gasteiger charge is 2.33. The van der Waals surface area contributed by atoms with Gasteiger partial charge in [-0.15, -0.1) is 0 Å². The van der Waals surface area contributed by atoms with Crippen LogP contribution in [0.1, 0.15) is 37.8 Å². The number of aryl methyl sites for hydroxylation is 1.